The van der Waals surface area contributed by atoms with E-state index in [0.29, 0.717) is 11.6 Å². The van der Waals surface area contributed by atoms with Crippen molar-refractivity contribution in [1.82, 2.24) is 14.7 Å². The van der Waals surface area contributed by atoms with Gasteiger partial charge < -0.3 is 4.74 Å². The minimum absolute atomic E-state index is 0.0855. The number of carbonyl (C=O) groups excluding carboxylic acids is 1. The summed E-state index contributed by atoms with van der Waals surface area (Å²) in [5.41, 5.74) is 2.27. The molecule has 0 N–H and O–H groups in total. The molecule has 158 valence electrons. The molecule has 1 atom stereocenters. The molecular weight excluding hydrogens is 388 g/mol. The van der Waals surface area contributed by atoms with Gasteiger partial charge in [0.05, 0.1) is 35.4 Å². The molecule has 31 heavy (non-hydrogen) atoms. The monoisotopic (exact) mass is 414 g/mol. The standard InChI is InChI=1S/C25H26N4O2/c1-25(2)23(18-6-4-3-5-7-18)28(24(30)31-25)20-9-11-21(12-10-20)29-22-13-8-17(15-26)14-19(22)16-27-29/h3-8,13-14,16,20-21,23H,9-12H2,1-2H3. The van der Waals surface area contributed by atoms with Crippen molar-refractivity contribution in [3.05, 3.63) is 65.9 Å². The lowest BCUT2D eigenvalue weighted by molar-refractivity contribution is 0.0661. The van der Waals surface area contributed by atoms with Crippen LogP contribution in [0.5, 0.6) is 0 Å². The number of hydrogen-bond donors (Lipinski definition) is 0. The van der Waals surface area contributed by atoms with Crippen LogP contribution in [0, 0.1) is 11.3 Å². The number of cyclic esters (lactones) is 1. The van der Waals surface area contributed by atoms with E-state index in [0.717, 1.165) is 42.1 Å². The maximum Gasteiger partial charge on any atom is 0.411 e. The highest BCUT2D eigenvalue weighted by Gasteiger charge is 2.51. The molecule has 5 rings (SSSR count). The maximum atomic E-state index is 12.9. The molecule has 2 heterocycles. The SMILES string of the molecule is CC1(C)OC(=O)N(C2CCC(n3ncc4cc(C#N)ccc43)CC2)C1c1ccccc1. The van der Waals surface area contributed by atoms with Crippen molar-refractivity contribution < 1.29 is 9.53 Å². The molecule has 0 spiro atoms. The molecule has 0 bridgehead atoms. The fourth-order valence-corrected chi connectivity index (χ4v) is 5.33. The third kappa shape index (κ3) is 3.34. The van der Waals surface area contributed by atoms with Gasteiger partial charge in [0, 0.05) is 11.4 Å². The average molecular weight is 415 g/mol. The molecule has 6 heteroatoms. The van der Waals surface area contributed by atoms with Crippen LogP contribution in [0.2, 0.25) is 0 Å². The van der Waals surface area contributed by atoms with Gasteiger partial charge in [-0.2, -0.15) is 10.4 Å². The molecule has 2 aliphatic rings. The van der Waals surface area contributed by atoms with Crippen molar-refractivity contribution in [1.29, 1.82) is 5.26 Å². The van der Waals surface area contributed by atoms with Crippen LogP contribution < -0.4 is 0 Å². The molecule has 1 unspecified atom stereocenters. The van der Waals surface area contributed by atoms with Gasteiger partial charge in [0.2, 0.25) is 0 Å². The summed E-state index contributed by atoms with van der Waals surface area (Å²) in [4.78, 5) is 14.9. The summed E-state index contributed by atoms with van der Waals surface area (Å²) >= 11 is 0. The van der Waals surface area contributed by atoms with Crippen molar-refractivity contribution in [3.63, 3.8) is 0 Å². The first kappa shape index (κ1) is 19.6. The molecular formula is C25H26N4O2. The Labute approximate surface area is 182 Å². The van der Waals surface area contributed by atoms with Crippen molar-refractivity contribution in [2.24, 2.45) is 0 Å². The van der Waals surface area contributed by atoms with E-state index in [1.807, 2.05) is 61.3 Å². The number of rotatable bonds is 3. The van der Waals surface area contributed by atoms with E-state index < -0.39 is 5.60 Å². The van der Waals surface area contributed by atoms with Crippen molar-refractivity contribution in [3.8, 4) is 6.07 Å². The number of amides is 1. The third-order valence-electron chi connectivity index (χ3n) is 6.74. The smallest absolute Gasteiger partial charge is 0.411 e. The van der Waals surface area contributed by atoms with Gasteiger partial charge in [0.25, 0.3) is 0 Å². The number of hydrogen-bond acceptors (Lipinski definition) is 4. The zero-order chi connectivity index (χ0) is 21.6. The normalized spacial score (nSPS) is 25.4. The number of benzene rings is 2. The van der Waals surface area contributed by atoms with Crippen molar-refractivity contribution in [2.45, 2.75) is 63.3 Å². The van der Waals surface area contributed by atoms with E-state index in [1.54, 1.807) is 0 Å². The number of fused-ring (bicyclic) bond motifs is 1. The first-order chi connectivity index (χ1) is 15.0. The van der Waals surface area contributed by atoms with Crippen LogP contribution in [0.1, 0.15) is 62.7 Å². The Morgan fingerprint density at radius 3 is 2.48 bits per heavy atom. The molecule has 0 radical (unpaired) electrons. The number of carbonyl (C=O) groups is 1. The van der Waals surface area contributed by atoms with E-state index in [9.17, 15) is 4.79 Å². The van der Waals surface area contributed by atoms with E-state index in [-0.39, 0.29) is 18.2 Å². The zero-order valence-electron chi connectivity index (χ0n) is 17.9. The van der Waals surface area contributed by atoms with Gasteiger partial charge in [0.1, 0.15) is 5.60 Å². The predicted octanol–water partition coefficient (Wildman–Crippen LogP) is 5.36. The summed E-state index contributed by atoms with van der Waals surface area (Å²) in [5, 5.41) is 14.7. The van der Waals surface area contributed by atoms with Crippen molar-refractivity contribution >= 4 is 17.0 Å². The average Bonchev–Trinajstić information content (AvgIpc) is 3.30. The Bertz CT molecular complexity index is 1150. The van der Waals surface area contributed by atoms with Gasteiger partial charge in [-0.1, -0.05) is 30.3 Å². The lowest BCUT2D eigenvalue weighted by Gasteiger charge is -2.38. The van der Waals surface area contributed by atoms with Crippen LogP contribution in [0.25, 0.3) is 10.9 Å². The maximum absolute atomic E-state index is 12.9. The van der Waals surface area contributed by atoms with Crippen LogP contribution >= 0.6 is 0 Å². The molecule has 2 aromatic carbocycles. The van der Waals surface area contributed by atoms with Gasteiger partial charge in [-0.15, -0.1) is 0 Å². The zero-order valence-corrected chi connectivity index (χ0v) is 17.9. The Hall–Kier alpha value is -3.33. The molecule has 1 aliphatic carbocycles. The fourth-order valence-electron chi connectivity index (χ4n) is 5.33. The van der Waals surface area contributed by atoms with Gasteiger partial charge in [0.15, 0.2) is 0 Å². The highest BCUT2D eigenvalue weighted by molar-refractivity contribution is 5.80. The lowest BCUT2D eigenvalue weighted by atomic mass is 9.86. The van der Waals surface area contributed by atoms with E-state index in [2.05, 4.69) is 28.0 Å². The molecule has 3 aromatic rings. The quantitative estimate of drug-likeness (QED) is 0.578. The summed E-state index contributed by atoms with van der Waals surface area (Å²) in [5.74, 6) is 0. The largest absolute Gasteiger partial charge is 0.441 e. The highest BCUT2D eigenvalue weighted by atomic mass is 16.6. The van der Waals surface area contributed by atoms with E-state index in [4.69, 9.17) is 10.00 Å². The number of ether oxygens (including phenoxy) is 1. The summed E-state index contributed by atoms with van der Waals surface area (Å²) < 4.78 is 7.89. The van der Waals surface area contributed by atoms with Crippen molar-refractivity contribution in [2.75, 3.05) is 0 Å². The Morgan fingerprint density at radius 1 is 1.06 bits per heavy atom. The van der Waals surface area contributed by atoms with E-state index >= 15 is 0 Å². The number of aromatic nitrogens is 2. The van der Waals surface area contributed by atoms with Gasteiger partial charge in [-0.3, -0.25) is 9.58 Å². The predicted molar refractivity (Wildman–Crippen MR) is 117 cm³/mol. The third-order valence-corrected chi connectivity index (χ3v) is 6.74. The second-order valence-electron chi connectivity index (χ2n) is 9.13. The lowest BCUT2D eigenvalue weighted by Crippen LogP contribution is -2.42. The highest BCUT2D eigenvalue weighted by Crippen LogP contribution is 2.45. The first-order valence-corrected chi connectivity index (χ1v) is 10.9. The molecule has 1 saturated carbocycles. The van der Waals surface area contributed by atoms with Crippen LogP contribution in [-0.2, 0) is 4.74 Å². The first-order valence-electron chi connectivity index (χ1n) is 10.9. The molecule has 1 saturated heterocycles. The minimum Gasteiger partial charge on any atom is -0.441 e. The number of nitrogens with zero attached hydrogens (tertiary/aromatic N) is 4. The molecule has 1 aromatic heterocycles. The molecule has 6 nitrogen and oxygen atoms in total. The topological polar surface area (TPSA) is 71.2 Å². The minimum atomic E-state index is -0.564. The van der Waals surface area contributed by atoms with Crippen LogP contribution in [0.4, 0.5) is 4.79 Å². The summed E-state index contributed by atoms with van der Waals surface area (Å²) in [6.45, 7) is 4.00. The Morgan fingerprint density at radius 2 is 1.77 bits per heavy atom. The summed E-state index contributed by atoms with van der Waals surface area (Å²) in [6, 6.07) is 18.5. The fraction of sp³-hybridized carbons (Fsp3) is 0.400. The summed E-state index contributed by atoms with van der Waals surface area (Å²) in [6.07, 6.45) is 5.36. The van der Waals surface area contributed by atoms with Gasteiger partial charge >= 0.3 is 6.09 Å². The van der Waals surface area contributed by atoms with Crippen LogP contribution in [0.3, 0.4) is 0 Å². The van der Waals surface area contributed by atoms with Crippen LogP contribution in [-0.4, -0.2) is 32.4 Å². The molecule has 1 amide bonds. The summed E-state index contributed by atoms with van der Waals surface area (Å²) in [7, 11) is 0. The second kappa shape index (κ2) is 7.42. The second-order valence-corrected chi connectivity index (χ2v) is 9.13. The van der Waals surface area contributed by atoms with E-state index in [1.165, 1.54) is 0 Å². The van der Waals surface area contributed by atoms with Gasteiger partial charge in [-0.25, -0.2) is 4.79 Å². The van der Waals surface area contributed by atoms with Gasteiger partial charge in [-0.05, 0) is 63.3 Å². The number of nitriles is 1. The van der Waals surface area contributed by atoms with Crippen LogP contribution in [0.15, 0.2) is 54.7 Å². The Balaban J connectivity index is 1.36. The molecule has 1 aliphatic heterocycles. The molecule has 2 fully saturated rings. The Kier molecular flexibility index (Phi) is 4.70.